The number of nitrogens with zero attached hydrogens (tertiary/aromatic N) is 1. The number of para-hydroxylation sites is 4. The third kappa shape index (κ3) is 7.16. The Morgan fingerprint density at radius 2 is 0.698 bits per heavy atom. The van der Waals surface area contributed by atoms with Crippen LogP contribution >= 0.6 is 15.9 Å². The van der Waals surface area contributed by atoms with E-state index in [1.54, 1.807) is 24.3 Å². The van der Waals surface area contributed by atoms with Crippen LogP contribution in [0, 0.1) is 0 Å². The second-order valence-corrected chi connectivity index (χ2v) is 13.6. The fourth-order valence-corrected chi connectivity index (χ4v) is 7.02. The summed E-state index contributed by atoms with van der Waals surface area (Å²) in [6.07, 6.45) is 0. The fourth-order valence-electron chi connectivity index (χ4n) is 6.75. The monoisotopic (exact) mass is 750 g/mol. The van der Waals surface area contributed by atoms with E-state index in [4.69, 9.17) is 5.11 Å². The van der Waals surface area contributed by atoms with Gasteiger partial charge in [0, 0.05) is 42.7 Å². The third-order valence-electron chi connectivity index (χ3n) is 9.36. The van der Waals surface area contributed by atoms with Crippen LogP contribution in [0.2, 0.25) is 0 Å². The first-order valence-corrected chi connectivity index (χ1v) is 18.2. The molecular formula is C48H35BrN2O2. The quantitative estimate of drug-likeness (QED) is 0.168. The first-order chi connectivity index (χ1) is 26.0. The number of phenols is 2. The number of hydrogen-bond donors (Lipinski definition) is 3. The molecule has 0 bridgehead atoms. The molecule has 10 aromatic rings. The van der Waals surface area contributed by atoms with Gasteiger partial charge >= 0.3 is 0 Å². The molecule has 3 N–H and O–H groups in total. The molecule has 0 amide bonds. The van der Waals surface area contributed by atoms with E-state index in [0.717, 1.165) is 32.4 Å². The van der Waals surface area contributed by atoms with Crippen LogP contribution < -0.4 is 0 Å². The lowest BCUT2D eigenvalue weighted by Gasteiger charge is -2.09. The van der Waals surface area contributed by atoms with Crippen LogP contribution in [0.25, 0.3) is 71.6 Å². The minimum absolute atomic E-state index is 0.288. The lowest BCUT2D eigenvalue weighted by atomic mass is 10.1. The number of aromatic hydroxyl groups is 2. The van der Waals surface area contributed by atoms with Crippen molar-refractivity contribution >= 4 is 59.5 Å². The Balaban J connectivity index is 0.000000125. The summed E-state index contributed by atoms with van der Waals surface area (Å²) in [5.41, 5.74) is 10.5. The number of H-pyrrole nitrogens is 1. The highest BCUT2D eigenvalue weighted by molar-refractivity contribution is 9.10. The Hall–Kier alpha value is -6.56. The van der Waals surface area contributed by atoms with E-state index in [9.17, 15) is 5.11 Å². The summed E-state index contributed by atoms with van der Waals surface area (Å²) in [4.78, 5) is 3.38. The van der Waals surface area contributed by atoms with Crippen molar-refractivity contribution in [1.29, 1.82) is 0 Å². The molecule has 0 spiro atoms. The van der Waals surface area contributed by atoms with Gasteiger partial charge in [-0.1, -0.05) is 137 Å². The zero-order chi connectivity index (χ0) is 36.1. The predicted octanol–water partition coefficient (Wildman–Crippen LogP) is 13.3. The lowest BCUT2D eigenvalue weighted by molar-refractivity contribution is 0.475. The summed E-state index contributed by atoms with van der Waals surface area (Å²) in [7, 11) is 0. The average molecular weight is 752 g/mol. The second kappa shape index (κ2) is 15.0. The van der Waals surface area contributed by atoms with Gasteiger partial charge in [-0.2, -0.15) is 0 Å². The maximum atomic E-state index is 9.47. The molecule has 0 radical (unpaired) electrons. The van der Waals surface area contributed by atoms with E-state index in [-0.39, 0.29) is 5.75 Å². The number of nitrogens with one attached hydrogen (secondary N) is 1. The maximum Gasteiger partial charge on any atom is 0.115 e. The Labute approximate surface area is 316 Å². The molecule has 0 aliphatic carbocycles. The van der Waals surface area contributed by atoms with Crippen LogP contribution in [0.1, 0.15) is 0 Å². The molecule has 2 heterocycles. The predicted molar refractivity (Wildman–Crippen MR) is 225 cm³/mol. The minimum atomic E-state index is 0.288. The van der Waals surface area contributed by atoms with Crippen molar-refractivity contribution in [3.63, 3.8) is 0 Å². The Morgan fingerprint density at radius 1 is 0.358 bits per heavy atom. The van der Waals surface area contributed by atoms with Crippen molar-refractivity contribution < 1.29 is 10.2 Å². The van der Waals surface area contributed by atoms with Gasteiger partial charge in [-0.15, -0.1) is 0 Å². The molecular weight excluding hydrogens is 716 g/mol. The highest BCUT2D eigenvalue weighted by Crippen LogP contribution is 2.33. The number of hydrogen-bond acceptors (Lipinski definition) is 2. The molecule has 256 valence electrons. The van der Waals surface area contributed by atoms with Gasteiger partial charge in [0.1, 0.15) is 11.5 Å². The molecule has 0 atom stereocenters. The third-order valence-corrected chi connectivity index (χ3v) is 9.89. The standard InChI is InChI=1S/C24H17NO.C12H9BrO.C12H9N/c26-20-15-11-18(12-16-20)17-9-13-19(14-10-17)25-23-7-3-1-5-21(23)22-6-2-4-8-24(22)25;13-11-5-1-9(2-6-11)10-3-7-12(14)8-4-10;1-3-7-11-9(5-1)10-6-2-4-8-12(10)13-11/h1-16,26H;1-8,14H;1-8,13H. The normalized spacial score (nSPS) is 10.9. The van der Waals surface area contributed by atoms with E-state index in [0.29, 0.717) is 5.75 Å². The summed E-state index contributed by atoms with van der Waals surface area (Å²) >= 11 is 3.39. The van der Waals surface area contributed by atoms with Crippen LogP contribution in [-0.2, 0) is 0 Å². The van der Waals surface area contributed by atoms with Crippen LogP contribution in [0.4, 0.5) is 0 Å². The first-order valence-electron chi connectivity index (χ1n) is 17.4. The van der Waals surface area contributed by atoms with Crippen molar-refractivity contribution in [1.82, 2.24) is 9.55 Å². The smallest absolute Gasteiger partial charge is 0.115 e. The van der Waals surface area contributed by atoms with Crippen LogP contribution in [-0.4, -0.2) is 19.8 Å². The lowest BCUT2D eigenvalue weighted by Crippen LogP contribution is -1.93. The summed E-state index contributed by atoms with van der Waals surface area (Å²) in [6.45, 7) is 0. The molecule has 0 saturated carbocycles. The van der Waals surface area contributed by atoms with Gasteiger partial charge in [0.25, 0.3) is 0 Å². The van der Waals surface area contributed by atoms with Gasteiger partial charge < -0.3 is 19.8 Å². The largest absolute Gasteiger partial charge is 0.508 e. The Bertz CT molecular complexity index is 2640. The molecule has 53 heavy (non-hydrogen) atoms. The molecule has 5 heteroatoms. The van der Waals surface area contributed by atoms with E-state index in [2.05, 4.69) is 147 Å². The Morgan fingerprint density at radius 3 is 1.13 bits per heavy atom. The van der Waals surface area contributed by atoms with Crippen molar-refractivity contribution in [2.75, 3.05) is 0 Å². The van der Waals surface area contributed by atoms with Crippen LogP contribution in [0.15, 0.2) is 199 Å². The molecule has 0 unspecified atom stereocenters. The Kier molecular flexibility index (Phi) is 9.48. The topological polar surface area (TPSA) is 61.2 Å². The van der Waals surface area contributed by atoms with Crippen molar-refractivity contribution in [2.24, 2.45) is 0 Å². The van der Waals surface area contributed by atoms with E-state index >= 15 is 0 Å². The van der Waals surface area contributed by atoms with Gasteiger partial charge in [0.15, 0.2) is 0 Å². The van der Waals surface area contributed by atoms with E-state index in [1.165, 1.54) is 43.6 Å². The first kappa shape index (κ1) is 33.6. The van der Waals surface area contributed by atoms with Gasteiger partial charge in [0.05, 0.1) is 11.0 Å². The number of aromatic amines is 1. The van der Waals surface area contributed by atoms with Gasteiger partial charge in [-0.25, -0.2) is 0 Å². The molecule has 10 rings (SSSR count). The molecule has 0 saturated heterocycles. The van der Waals surface area contributed by atoms with E-state index < -0.39 is 0 Å². The summed E-state index contributed by atoms with van der Waals surface area (Å²) in [5, 5.41) is 23.8. The number of benzene rings is 8. The molecule has 4 nitrogen and oxygen atoms in total. The molecule has 0 aliphatic rings. The summed E-state index contributed by atoms with van der Waals surface area (Å²) in [5.74, 6) is 0.585. The zero-order valence-electron chi connectivity index (χ0n) is 28.7. The molecule has 2 aromatic heterocycles. The van der Waals surface area contributed by atoms with Crippen molar-refractivity contribution in [3.8, 4) is 39.4 Å². The molecule has 8 aromatic carbocycles. The number of phenolic OH excluding ortho intramolecular Hbond substituents is 2. The number of aromatic nitrogens is 2. The zero-order valence-corrected chi connectivity index (χ0v) is 30.3. The highest BCUT2D eigenvalue weighted by Gasteiger charge is 2.11. The van der Waals surface area contributed by atoms with E-state index in [1.807, 2.05) is 48.5 Å². The van der Waals surface area contributed by atoms with Gasteiger partial charge in [-0.05, 0) is 95.1 Å². The number of halogens is 1. The van der Waals surface area contributed by atoms with Crippen molar-refractivity contribution in [3.05, 3.63) is 199 Å². The van der Waals surface area contributed by atoms with Gasteiger partial charge in [-0.3, -0.25) is 0 Å². The second-order valence-electron chi connectivity index (χ2n) is 12.7. The molecule has 0 aliphatic heterocycles. The van der Waals surface area contributed by atoms with Crippen molar-refractivity contribution in [2.45, 2.75) is 0 Å². The fraction of sp³-hybridized carbons (Fsp3) is 0. The maximum absolute atomic E-state index is 9.47. The van der Waals surface area contributed by atoms with Crippen LogP contribution in [0.5, 0.6) is 11.5 Å². The molecule has 0 fully saturated rings. The average Bonchev–Trinajstić information content (AvgIpc) is 3.76. The summed E-state index contributed by atoms with van der Waals surface area (Å²) < 4.78 is 3.38. The highest BCUT2D eigenvalue weighted by atomic mass is 79.9. The SMILES string of the molecule is Oc1ccc(-c2ccc(-n3c4ccccc4c4ccccc43)cc2)cc1.Oc1ccc(-c2ccc(Br)cc2)cc1.c1ccc2c(c1)[nH]c1ccccc12. The van der Waals surface area contributed by atoms with Gasteiger partial charge in [0.2, 0.25) is 0 Å². The number of fused-ring (bicyclic) bond motifs is 6. The minimum Gasteiger partial charge on any atom is -0.508 e. The van der Waals surface area contributed by atoms with Crippen LogP contribution in [0.3, 0.4) is 0 Å². The number of rotatable bonds is 3. The summed E-state index contributed by atoms with van der Waals surface area (Å²) in [6, 6.07) is 65.0.